The Morgan fingerprint density at radius 1 is 1.00 bits per heavy atom. The van der Waals surface area contributed by atoms with Gasteiger partial charge in [-0.3, -0.25) is 14.0 Å². The van der Waals surface area contributed by atoms with Gasteiger partial charge in [-0.2, -0.15) is 0 Å². The zero-order valence-electron chi connectivity index (χ0n) is 10.1. The minimum atomic E-state index is -2.83. The summed E-state index contributed by atoms with van der Waals surface area (Å²) in [6.07, 6.45) is 0. The van der Waals surface area contributed by atoms with E-state index >= 15 is 0 Å². The summed E-state index contributed by atoms with van der Waals surface area (Å²) in [7, 11) is -2.83. The minimum absolute atomic E-state index is 0.218. The molecule has 1 fully saturated rings. The van der Waals surface area contributed by atoms with Crippen LogP contribution in [0.25, 0.3) is 0 Å². The summed E-state index contributed by atoms with van der Waals surface area (Å²) >= 11 is 0. The molecule has 17 heavy (non-hydrogen) atoms. The number of nitrogens with zero attached hydrogens (tertiary/aromatic N) is 1. The molecule has 0 aliphatic carbocycles. The first-order valence-electron chi connectivity index (χ1n) is 5.99. The van der Waals surface area contributed by atoms with E-state index in [1.54, 1.807) is 0 Å². The molecule has 0 aromatic heterocycles. The van der Waals surface area contributed by atoms with Crippen LogP contribution in [0.3, 0.4) is 0 Å². The number of hydrogen-bond donors (Lipinski definition) is 4. The highest BCUT2D eigenvalue weighted by atomic mass is 31.1. The number of nitrogens with one attached hydrogen (secondary N) is 3. The molecule has 0 saturated carbocycles. The van der Waals surface area contributed by atoms with Gasteiger partial charge in [-0.1, -0.05) is 0 Å². The summed E-state index contributed by atoms with van der Waals surface area (Å²) < 4.78 is 15.3. The molecule has 1 unspecified atom stereocenters. The molecule has 4 N–H and O–H groups in total. The average molecular weight is 266 g/mol. The first kappa shape index (κ1) is 15.0. The lowest BCUT2D eigenvalue weighted by Gasteiger charge is -2.22. The second-order valence-electron chi connectivity index (χ2n) is 3.91. The van der Waals surface area contributed by atoms with Crippen LogP contribution in [-0.2, 0) is 9.09 Å². The molecule has 0 amide bonds. The maximum Gasteiger partial charge on any atom is 0.317 e. The molecule has 0 radical (unpaired) electrons. The minimum Gasteiger partial charge on any atom is -0.326 e. The van der Waals surface area contributed by atoms with E-state index in [0.717, 1.165) is 52.4 Å². The van der Waals surface area contributed by atoms with Gasteiger partial charge in [0.05, 0.1) is 0 Å². The average Bonchev–Trinajstić information content (AvgIpc) is 2.28. The highest BCUT2D eigenvalue weighted by molar-refractivity contribution is 7.32. The van der Waals surface area contributed by atoms with E-state index in [4.69, 9.17) is 9.42 Å². The first-order chi connectivity index (χ1) is 8.29. The molecule has 8 heteroatoms. The van der Waals surface area contributed by atoms with Crippen LogP contribution in [0.15, 0.2) is 0 Å². The predicted octanol–water partition coefficient (Wildman–Crippen LogP) is -1.57. The smallest absolute Gasteiger partial charge is 0.317 e. The van der Waals surface area contributed by atoms with Crippen molar-refractivity contribution in [2.24, 2.45) is 0 Å². The van der Waals surface area contributed by atoms with E-state index in [2.05, 4.69) is 16.0 Å². The summed E-state index contributed by atoms with van der Waals surface area (Å²) in [6.45, 7) is 7.36. The fourth-order valence-corrected chi connectivity index (χ4v) is 1.88. The van der Waals surface area contributed by atoms with E-state index < -0.39 is 8.25 Å². The molecule has 102 valence electrons. The van der Waals surface area contributed by atoms with E-state index in [1.165, 1.54) is 0 Å². The molecule has 1 aliphatic heterocycles. The second kappa shape index (κ2) is 9.96. The summed E-state index contributed by atoms with van der Waals surface area (Å²) in [4.78, 5) is 10.7. The first-order valence-corrected chi connectivity index (χ1v) is 7.25. The third-order valence-corrected chi connectivity index (χ3v) is 2.91. The third-order valence-electron chi connectivity index (χ3n) is 2.54. The van der Waals surface area contributed by atoms with Crippen LogP contribution in [0, 0.1) is 0 Å². The summed E-state index contributed by atoms with van der Waals surface area (Å²) in [5.74, 6) is 0. The Kier molecular flexibility index (Phi) is 8.82. The molecule has 0 aromatic carbocycles. The van der Waals surface area contributed by atoms with Crippen LogP contribution in [0.4, 0.5) is 0 Å². The molecule has 1 rings (SSSR count). The van der Waals surface area contributed by atoms with Crippen LogP contribution < -0.4 is 16.0 Å². The van der Waals surface area contributed by atoms with E-state index in [1.807, 2.05) is 4.90 Å². The standard InChI is InChI=1S/C9H23N4O3P/c14-17(15)16-9-13-7-5-11-3-1-10-2-4-12-6-8-13/h10-12,17H,1-9H2,(H,14,15). The third kappa shape index (κ3) is 8.68. The van der Waals surface area contributed by atoms with Gasteiger partial charge < -0.3 is 20.8 Å². The zero-order valence-corrected chi connectivity index (χ0v) is 11.1. The van der Waals surface area contributed by atoms with E-state index in [9.17, 15) is 4.57 Å². The maximum atomic E-state index is 10.5. The molecular formula is C9H23N4O3P. The van der Waals surface area contributed by atoms with Crippen molar-refractivity contribution in [2.45, 2.75) is 0 Å². The van der Waals surface area contributed by atoms with Crippen molar-refractivity contribution in [3.63, 3.8) is 0 Å². The van der Waals surface area contributed by atoms with Gasteiger partial charge in [0, 0.05) is 52.4 Å². The SMILES string of the molecule is O=[PH](O)OCN1CCNCCNCCNCC1. The Bertz CT molecular complexity index is 208. The highest BCUT2D eigenvalue weighted by Gasteiger charge is 2.06. The molecule has 1 heterocycles. The topological polar surface area (TPSA) is 85.9 Å². The Balaban J connectivity index is 2.24. The normalized spacial score (nSPS) is 23.6. The van der Waals surface area contributed by atoms with Crippen molar-refractivity contribution in [3.8, 4) is 0 Å². The quantitative estimate of drug-likeness (QED) is 0.459. The lowest BCUT2D eigenvalue weighted by molar-refractivity contribution is 0.122. The van der Waals surface area contributed by atoms with Crippen molar-refractivity contribution in [1.82, 2.24) is 20.9 Å². The van der Waals surface area contributed by atoms with Crippen LogP contribution in [-0.4, -0.2) is 68.9 Å². The lowest BCUT2D eigenvalue weighted by atomic mass is 10.4. The van der Waals surface area contributed by atoms with Gasteiger partial charge in [0.1, 0.15) is 6.73 Å². The van der Waals surface area contributed by atoms with E-state index in [0.29, 0.717) is 0 Å². The summed E-state index contributed by atoms with van der Waals surface area (Å²) in [6, 6.07) is 0. The predicted molar refractivity (Wildman–Crippen MR) is 67.4 cm³/mol. The van der Waals surface area contributed by atoms with Crippen molar-refractivity contribution in [1.29, 1.82) is 0 Å². The molecule has 0 aromatic rings. The Hall–Kier alpha value is -0.0100. The van der Waals surface area contributed by atoms with Crippen molar-refractivity contribution in [3.05, 3.63) is 0 Å². The number of hydrogen-bond acceptors (Lipinski definition) is 6. The second-order valence-corrected chi connectivity index (χ2v) is 4.73. The van der Waals surface area contributed by atoms with Crippen LogP contribution in [0.2, 0.25) is 0 Å². The fourth-order valence-electron chi connectivity index (χ4n) is 1.59. The zero-order chi connectivity index (χ0) is 12.3. The Morgan fingerprint density at radius 2 is 1.47 bits per heavy atom. The van der Waals surface area contributed by atoms with Crippen LogP contribution in [0.5, 0.6) is 0 Å². The summed E-state index contributed by atoms with van der Waals surface area (Å²) in [5.41, 5.74) is 0. The molecule has 1 aliphatic rings. The van der Waals surface area contributed by atoms with Crippen molar-refractivity contribution in [2.75, 3.05) is 59.1 Å². The molecule has 0 spiro atoms. The van der Waals surface area contributed by atoms with Gasteiger partial charge in [0.15, 0.2) is 0 Å². The lowest BCUT2D eigenvalue weighted by Crippen LogP contribution is -2.42. The van der Waals surface area contributed by atoms with Gasteiger partial charge in [-0.25, -0.2) is 0 Å². The van der Waals surface area contributed by atoms with Gasteiger partial charge >= 0.3 is 8.25 Å². The molecular weight excluding hydrogens is 243 g/mol. The molecule has 7 nitrogen and oxygen atoms in total. The van der Waals surface area contributed by atoms with Crippen molar-refractivity contribution >= 4 is 8.25 Å². The van der Waals surface area contributed by atoms with Gasteiger partial charge in [-0.05, 0) is 0 Å². The van der Waals surface area contributed by atoms with Gasteiger partial charge in [0.2, 0.25) is 0 Å². The summed E-state index contributed by atoms with van der Waals surface area (Å²) in [5, 5.41) is 9.94. The Morgan fingerprint density at radius 3 is 1.94 bits per heavy atom. The fraction of sp³-hybridized carbons (Fsp3) is 1.00. The molecule has 1 saturated heterocycles. The highest BCUT2D eigenvalue weighted by Crippen LogP contribution is 2.14. The Labute approximate surface area is 103 Å². The molecule has 0 bridgehead atoms. The molecule has 1 atom stereocenters. The van der Waals surface area contributed by atoms with E-state index in [-0.39, 0.29) is 6.73 Å². The van der Waals surface area contributed by atoms with Crippen LogP contribution >= 0.6 is 8.25 Å². The van der Waals surface area contributed by atoms with Gasteiger partial charge in [-0.15, -0.1) is 0 Å². The maximum absolute atomic E-state index is 10.5. The van der Waals surface area contributed by atoms with Crippen molar-refractivity contribution < 1.29 is 14.0 Å². The number of rotatable bonds is 3. The van der Waals surface area contributed by atoms with Crippen LogP contribution in [0.1, 0.15) is 0 Å². The monoisotopic (exact) mass is 266 g/mol. The largest absolute Gasteiger partial charge is 0.326 e. The van der Waals surface area contributed by atoms with Gasteiger partial charge in [0.25, 0.3) is 0 Å².